The SMILES string of the molecule is COc1c(N2CCN(C)C(C)C2)c(F)cc2c(=O)c(NC(=O)Nc3nnc(-c4cn(C5CC5)c5c(OC)c(N6CC7CCCN(C)C7C6)c(F)cc5c4=O)o3)cn(C3CC3)c12. The number of hydrogen-bond acceptors (Lipinski definition) is 12. The summed E-state index contributed by atoms with van der Waals surface area (Å²) in [4.78, 5) is 50.1. The topological polar surface area (TPSA) is 155 Å². The molecule has 18 heteroatoms. The Morgan fingerprint density at radius 2 is 1.41 bits per heavy atom. The average Bonchev–Trinajstić information content (AvgIpc) is 4.18. The standard InChI is InChI=1S/C43H50F2N10O6/c1-22-17-52(14-13-50(22)2)35-29(44)16-27-34(39(35)59-4)55(25-10-11-25)20-31(38(27)57)46-42(58)47-43-49-48-41(61-43)28-19-54(24-8-9-24)33-26(37(28)56)15-30(45)36(40(33)60-5)53-18-23-7-6-12-51(3)32(23)21-53/h15-16,19-20,22-25,32H,6-14,17-18,21H2,1-5H3,(H2,46,47,49,58). The third-order valence-corrected chi connectivity index (χ3v) is 13.5. The lowest BCUT2D eigenvalue weighted by Gasteiger charge is -2.39. The molecule has 5 aliphatic rings. The van der Waals surface area contributed by atoms with E-state index in [1.807, 2.05) is 21.1 Å². The van der Waals surface area contributed by atoms with E-state index in [0.29, 0.717) is 66.3 Å². The van der Waals surface area contributed by atoms with Crippen LogP contribution in [0.4, 0.5) is 36.7 Å². The lowest BCUT2D eigenvalue weighted by molar-refractivity contribution is 0.158. The predicted octanol–water partition coefficient (Wildman–Crippen LogP) is 5.65. The van der Waals surface area contributed by atoms with Crippen LogP contribution in [0, 0.1) is 17.6 Å². The van der Waals surface area contributed by atoms with E-state index >= 15 is 8.78 Å². The number of methoxy groups -OCH3 is 2. The number of anilines is 4. The van der Waals surface area contributed by atoms with E-state index < -0.39 is 28.5 Å². The summed E-state index contributed by atoms with van der Waals surface area (Å²) in [6.07, 6.45) is 8.77. The first kappa shape index (κ1) is 39.4. The van der Waals surface area contributed by atoms with Crippen molar-refractivity contribution < 1.29 is 27.5 Å². The molecule has 3 unspecified atom stereocenters. The molecule has 10 rings (SSSR count). The monoisotopic (exact) mass is 840 g/mol. The molecule has 322 valence electrons. The maximum Gasteiger partial charge on any atom is 0.327 e. The van der Waals surface area contributed by atoms with Crippen molar-refractivity contribution in [3.05, 3.63) is 56.6 Å². The van der Waals surface area contributed by atoms with Crippen LogP contribution in [0.25, 0.3) is 33.3 Å². The highest BCUT2D eigenvalue weighted by molar-refractivity contribution is 6.01. The molecule has 0 radical (unpaired) electrons. The van der Waals surface area contributed by atoms with Gasteiger partial charge in [0.15, 0.2) is 23.1 Å². The van der Waals surface area contributed by atoms with Crippen molar-refractivity contribution in [3.63, 3.8) is 0 Å². The Balaban J connectivity index is 0.944. The van der Waals surface area contributed by atoms with E-state index in [1.54, 1.807) is 12.4 Å². The normalized spacial score (nSPS) is 22.2. The van der Waals surface area contributed by atoms with Gasteiger partial charge < -0.3 is 47.9 Å². The first-order valence-electron chi connectivity index (χ1n) is 21.2. The Hall–Kier alpha value is -5.75. The number of piperidine rings is 1. The Kier molecular flexibility index (Phi) is 9.69. The Bertz CT molecular complexity index is 2710. The van der Waals surface area contributed by atoms with Crippen LogP contribution < -0.4 is 40.8 Å². The van der Waals surface area contributed by atoms with Crippen molar-refractivity contribution in [3.8, 4) is 23.0 Å². The number of piperazine rings is 1. The molecule has 2 aromatic carbocycles. The minimum Gasteiger partial charge on any atom is -0.492 e. The maximum atomic E-state index is 16.3. The van der Waals surface area contributed by atoms with Gasteiger partial charge in [-0.25, -0.2) is 13.6 Å². The molecule has 2 amide bonds. The van der Waals surface area contributed by atoms with Gasteiger partial charge in [0.2, 0.25) is 10.9 Å². The molecule has 0 bridgehead atoms. The van der Waals surface area contributed by atoms with E-state index in [4.69, 9.17) is 13.9 Å². The van der Waals surface area contributed by atoms with E-state index in [9.17, 15) is 14.4 Å². The molecule has 0 spiro atoms. The van der Waals surface area contributed by atoms with Gasteiger partial charge in [0.25, 0.3) is 5.89 Å². The van der Waals surface area contributed by atoms with Gasteiger partial charge in [0.05, 0.1) is 36.0 Å². The lowest BCUT2D eigenvalue weighted by atomic mass is 9.93. The van der Waals surface area contributed by atoms with Crippen molar-refractivity contribution in [1.82, 2.24) is 29.1 Å². The summed E-state index contributed by atoms with van der Waals surface area (Å²) in [5, 5.41) is 13.3. The number of urea groups is 1. The molecule has 3 atom stereocenters. The molecule has 5 aromatic rings. The molecular weight excluding hydrogens is 791 g/mol. The number of likely N-dealkylation sites (N-methyl/N-ethyl adjacent to an activating group) is 2. The summed E-state index contributed by atoms with van der Waals surface area (Å²) in [7, 11) is 7.13. The first-order valence-corrected chi connectivity index (χ1v) is 21.2. The number of likely N-dealkylation sites (tertiary alicyclic amines) is 1. The van der Waals surface area contributed by atoms with Crippen LogP contribution in [-0.2, 0) is 0 Å². The number of rotatable bonds is 9. The Morgan fingerprint density at radius 3 is 2.03 bits per heavy atom. The predicted molar refractivity (Wildman–Crippen MR) is 228 cm³/mol. The number of carbonyl (C=O) groups excluding carboxylic acids is 1. The number of halogens is 2. The quantitative estimate of drug-likeness (QED) is 0.189. The average molecular weight is 841 g/mol. The second-order valence-corrected chi connectivity index (χ2v) is 17.4. The van der Waals surface area contributed by atoms with Crippen LogP contribution in [0.1, 0.15) is 57.5 Å². The highest BCUT2D eigenvalue weighted by Crippen LogP contribution is 2.47. The van der Waals surface area contributed by atoms with E-state index in [2.05, 4.69) is 49.5 Å². The van der Waals surface area contributed by atoms with Crippen molar-refractivity contribution in [2.45, 2.75) is 69.6 Å². The fourth-order valence-electron chi connectivity index (χ4n) is 9.86. The molecule has 16 nitrogen and oxygen atoms in total. The number of nitrogens with zero attached hydrogens (tertiary/aromatic N) is 8. The van der Waals surface area contributed by atoms with Gasteiger partial charge in [-0.15, -0.1) is 5.10 Å². The summed E-state index contributed by atoms with van der Waals surface area (Å²) in [6.45, 7) is 6.38. The third-order valence-electron chi connectivity index (χ3n) is 13.5. The molecule has 2 saturated carbocycles. The number of amides is 2. The minimum atomic E-state index is -0.870. The summed E-state index contributed by atoms with van der Waals surface area (Å²) in [5.74, 6) is -0.306. The summed E-state index contributed by atoms with van der Waals surface area (Å²) in [5.41, 5.74) is 0.461. The van der Waals surface area contributed by atoms with Crippen molar-refractivity contribution in [2.75, 3.05) is 88.0 Å². The second-order valence-electron chi connectivity index (χ2n) is 17.4. The molecule has 2 aliphatic carbocycles. The van der Waals surface area contributed by atoms with Crippen molar-refractivity contribution in [1.29, 1.82) is 0 Å². The molecule has 3 aliphatic heterocycles. The highest BCUT2D eigenvalue weighted by Gasteiger charge is 2.41. The van der Waals surface area contributed by atoms with E-state index in [-0.39, 0.29) is 57.8 Å². The zero-order chi connectivity index (χ0) is 42.4. The zero-order valence-corrected chi connectivity index (χ0v) is 35.0. The largest absolute Gasteiger partial charge is 0.492 e. The van der Waals surface area contributed by atoms with Gasteiger partial charge in [0, 0.05) is 69.3 Å². The molecule has 2 N–H and O–H groups in total. The van der Waals surface area contributed by atoms with Crippen LogP contribution in [0.15, 0.2) is 38.5 Å². The fraction of sp³-hybridized carbons (Fsp3) is 0.512. The van der Waals surface area contributed by atoms with E-state index in [1.165, 1.54) is 26.4 Å². The lowest BCUT2D eigenvalue weighted by Crippen LogP contribution is -2.50. The molecule has 61 heavy (non-hydrogen) atoms. The summed E-state index contributed by atoms with van der Waals surface area (Å²) < 4.78 is 53.8. The molecule has 3 aromatic heterocycles. The second kappa shape index (κ2) is 15.0. The van der Waals surface area contributed by atoms with Gasteiger partial charge in [-0.3, -0.25) is 14.9 Å². The number of benzene rings is 2. The molecule has 3 saturated heterocycles. The van der Waals surface area contributed by atoms with Gasteiger partial charge >= 0.3 is 12.0 Å². The maximum absolute atomic E-state index is 16.3. The highest BCUT2D eigenvalue weighted by atomic mass is 19.1. The van der Waals surface area contributed by atoms with Gasteiger partial charge in [-0.2, -0.15) is 0 Å². The van der Waals surface area contributed by atoms with Crippen LogP contribution >= 0.6 is 0 Å². The Labute approximate surface area is 350 Å². The smallest absolute Gasteiger partial charge is 0.327 e. The van der Waals surface area contributed by atoms with Gasteiger partial charge in [-0.05, 0) is 84.1 Å². The number of nitrogens with one attached hydrogen (secondary N) is 2. The van der Waals surface area contributed by atoms with Crippen LogP contribution in [0.5, 0.6) is 11.5 Å². The molecular formula is C43H50F2N10O6. The van der Waals surface area contributed by atoms with Crippen LogP contribution in [0.2, 0.25) is 0 Å². The fourth-order valence-corrected chi connectivity index (χ4v) is 9.86. The number of pyridine rings is 2. The number of hydrogen-bond donors (Lipinski definition) is 2. The van der Waals surface area contributed by atoms with Crippen molar-refractivity contribution in [2.24, 2.45) is 5.92 Å². The van der Waals surface area contributed by atoms with Gasteiger partial charge in [-0.1, -0.05) is 5.10 Å². The molecule has 6 heterocycles. The van der Waals surface area contributed by atoms with Crippen LogP contribution in [-0.4, -0.2) is 115 Å². The number of ether oxygens (including phenoxy) is 2. The van der Waals surface area contributed by atoms with Crippen LogP contribution in [0.3, 0.4) is 0 Å². The molecule has 5 fully saturated rings. The van der Waals surface area contributed by atoms with Gasteiger partial charge in [0.1, 0.15) is 22.6 Å². The summed E-state index contributed by atoms with van der Waals surface area (Å²) in [6, 6.07) is 1.86. The Morgan fingerprint density at radius 1 is 0.770 bits per heavy atom. The zero-order valence-electron chi connectivity index (χ0n) is 35.0. The number of fused-ring (bicyclic) bond motifs is 3. The first-order chi connectivity index (χ1) is 29.4. The van der Waals surface area contributed by atoms with E-state index in [0.717, 1.165) is 51.6 Å². The minimum absolute atomic E-state index is 0.0250. The number of carbonyl (C=O) groups is 1. The third kappa shape index (κ3) is 6.74. The van der Waals surface area contributed by atoms with Crippen molar-refractivity contribution >= 4 is 50.9 Å². The summed E-state index contributed by atoms with van der Waals surface area (Å²) >= 11 is 0. The number of aromatic nitrogens is 4.